The molecular weight excluding hydrogens is 511 g/mol. The molecule has 0 spiro atoms. The van der Waals surface area contributed by atoms with E-state index < -0.39 is 23.9 Å². The number of hydrogen-bond acceptors (Lipinski definition) is 5. The van der Waals surface area contributed by atoms with Gasteiger partial charge in [0.2, 0.25) is 0 Å². The Hall–Kier alpha value is -4.54. The summed E-state index contributed by atoms with van der Waals surface area (Å²) in [6.07, 6.45) is -1.97. The zero-order valence-corrected chi connectivity index (χ0v) is 21.0. The molecule has 3 aromatic carbocycles. The van der Waals surface area contributed by atoms with E-state index in [2.05, 4.69) is 20.6 Å². The Morgan fingerprint density at radius 1 is 1.05 bits per heavy atom. The van der Waals surface area contributed by atoms with E-state index in [0.29, 0.717) is 29.7 Å². The molecule has 0 saturated carbocycles. The van der Waals surface area contributed by atoms with Crippen LogP contribution >= 0.6 is 0 Å². The molecule has 11 heteroatoms. The predicted octanol–water partition coefficient (Wildman–Crippen LogP) is 5.81. The Bertz CT molecular complexity index is 1500. The van der Waals surface area contributed by atoms with Gasteiger partial charge < -0.3 is 20.3 Å². The Kier molecular flexibility index (Phi) is 7.14. The highest BCUT2D eigenvalue weighted by atomic mass is 19.4. The molecule has 0 fully saturated rings. The molecule has 0 saturated heterocycles. The highest BCUT2D eigenvalue weighted by Gasteiger charge is 2.31. The fraction of sp³-hybridized carbons (Fsp3) is 0.250. The second-order valence-electron chi connectivity index (χ2n) is 9.24. The number of aromatic nitrogens is 2. The molecule has 202 valence electrons. The number of carbonyl (C=O) groups is 2. The Morgan fingerprint density at radius 3 is 2.56 bits per heavy atom. The van der Waals surface area contributed by atoms with Crippen molar-refractivity contribution in [1.82, 2.24) is 15.1 Å². The SMILES string of the molecule is COC(=O)n1ncc2c(NC(=O)NCC3CCc4ccccc4N3Cc3ccc(C(F)(F)F)cc3)cccc21. The van der Waals surface area contributed by atoms with E-state index in [0.717, 1.165) is 46.5 Å². The zero-order chi connectivity index (χ0) is 27.6. The fourth-order valence-corrected chi connectivity index (χ4v) is 4.87. The van der Waals surface area contributed by atoms with Crippen molar-refractivity contribution in [2.75, 3.05) is 23.9 Å². The number of anilines is 2. The van der Waals surface area contributed by atoms with Crippen LogP contribution in [0.2, 0.25) is 0 Å². The minimum absolute atomic E-state index is 0.0780. The van der Waals surface area contributed by atoms with Crippen LogP contribution in [0.4, 0.5) is 34.1 Å². The van der Waals surface area contributed by atoms with Gasteiger partial charge in [-0.15, -0.1) is 0 Å². The van der Waals surface area contributed by atoms with E-state index in [1.165, 1.54) is 25.4 Å². The number of nitrogens with one attached hydrogen (secondary N) is 2. The topological polar surface area (TPSA) is 88.5 Å². The van der Waals surface area contributed by atoms with Gasteiger partial charge in [0.1, 0.15) is 0 Å². The molecule has 1 aromatic heterocycles. The maximum atomic E-state index is 13.0. The molecule has 5 rings (SSSR count). The zero-order valence-electron chi connectivity index (χ0n) is 21.0. The van der Waals surface area contributed by atoms with Crippen molar-refractivity contribution in [3.8, 4) is 0 Å². The number of benzene rings is 3. The van der Waals surface area contributed by atoms with Crippen LogP contribution in [0.1, 0.15) is 23.1 Å². The maximum Gasteiger partial charge on any atom is 0.434 e. The van der Waals surface area contributed by atoms with Gasteiger partial charge in [-0.05, 0) is 54.3 Å². The highest BCUT2D eigenvalue weighted by molar-refractivity contribution is 6.02. The van der Waals surface area contributed by atoms with Gasteiger partial charge in [-0.2, -0.15) is 23.0 Å². The maximum absolute atomic E-state index is 13.0. The number of alkyl halides is 3. The van der Waals surface area contributed by atoms with Crippen LogP contribution in [-0.4, -0.2) is 41.6 Å². The largest absolute Gasteiger partial charge is 0.451 e. The molecule has 1 atom stereocenters. The van der Waals surface area contributed by atoms with Gasteiger partial charge in [-0.1, -0.05) is 36.4 Å². The normalized spacial score (nSPS) is 15.1. The van der Waals surface area contributed by atoms with Gasteiger partial charge in [0.15, 0.2) is 0 Å². The number of methoxy groups -OCH3 is 1. The third kappa shape index (κ3) is 5.52. The van der Waals surface area contributed by atoms with Gasteiger partial charge in [-0.3, -0.25) is 0 Å². The molecule has 1 aliphatic rings. The first kappa shape index (κ1) is 26.1. The lowest BCUT2D eigenvalue weighted by Crippen LogP contribution is -2.47. The first-order valence-corrected chi connectivity index (χ1v) is 12.3. The second-order valence-corrected chi connectivity index (χ2v) is 9.24. The lowest BCUT2D eigenvalue weighted by molar-refractivity contribution is -0.137. The van der Waals surface area contributed by atoms with Gasteiger partial charge in [0.05, 0.1) is 30.1 Å². The van der Waals surface area contributed by atoms with Crippen LogP contribution in [0.5, 0.6) is 0 Å². The van der Waals surface area contributed by atoms with Crippen molar-refractivity contribution in [3.63, 3.8) is 0 Å². The average molecular weight is 538 g/mol. The van der Waals surface area contributed by atoms with Crippen molar-refractivity contribution in [1.29, 1.82) is 0 Å². The predicted molar refractivity (Wildman–Crippen MR) is 141 cm³/mol. The molecule has 0 aliphatic carbocycles. The number of amides is 2. The molecule has 39 heavy (non-hydrogen) atoms. The van der Waals surface area contributed by atoms with Crippen LogP contribution in [0.25, 0.3) is 10.9 Å². The van der Waals surface area contributed by atoms with E-state index in [9.17, 15) is 22.8 Å². The smallest absolute Gasteiger partial charge is 0.434 e. The number of fused-ring (bicyclic) bond motifs is 2. The molecule has 4 aromatic rings. The van der Waals surface area contributed by atoms with Crippen LogP contribution in [0.15, 0.2) is 72.9 Å². The van der Waals surface area contributed by atoms with E-state index in [1.54, 1.807) is 18.2 Å². The Morgan fingerprint density at radius 2 is 1.82 bits per heavy atom. The van der Waals surface area contributed by atoms with E-state index in [4.69, 9.17) is 4.74 Å². The monoisotopic (exact) mass is 537 g/mol. The number of halogens is 3. The quantitative estimate of drug-likeness (QED) is 0.335. The van der Waals surface area contributed by atoms with Crippen LogP contribution in [0.3, 0.4) is 0 Å². The van der Waals surface area contributed by atoms with Crippen molar-refractivity contribution < 1.29 is 27.5 Å². The molecule has 2 amide bonds. The summed E-state index contributed by atoms with van der Waals surface area (Å²) in [5.74, 6) is 0. The summed E-state index contributed by atoms with van der Waals surface area (Å²) in [5.41, 5.74) is 3.17. The molecule has 2 N–H and O–H groups in total. The van der Waals surface area contributed by atoms with Gasteiger partial charge in [0, 0.05) is 30.2 Å². The number of carbonyl (C=O) groups excluding carboxylic acids is 2. The summed E-state index contributed by atoms with van der Waals surface area (Å²) in [6.45, 7) is 0.716. The lowest BCUT2D eigenvalue weighted by atomic mass is 9.95. The summed E-state index contributed by atoms with van der Waals surface area (Å²) >= 11 is 0. The molecule has 8 nitrogen and oxygen atoms in total. The summed E-state index contributed by atoms with van der Waals surface area (Å²) in [5, 5.41) is 10.4. The standard InChI is InChI=1S/C28H26F3N5O3/c1-39-27(38)36-25-8-4-6-23(22(25)16-33-36)34-26(37)32-15-21-14-11-19-5-2-3-7-24(19)35(21)17-18-9-12-20(13-10-18)28(29,30)31/h2-10,12-13,16,21H,11,14-15,17H2,1H3,(H2,32,34,37). The van der Waals surface area contributed by atoms with Crippen molar-refractivity contribution in [2.45, 2.75) is 31.6 Å². The van der Waals surface area contributed by atoms with Crippen molar-refractivity contribution in [2.24, 2.45) is 0 Å². The summed E-state index contributed by atoms with van der Waals surface area (Å²) in [4.78, 5) is 26.9. The third-order valence-corrected chi connectivity index (χ3v) is 6.83. The van der Waals surface area contributed by atoms with Crippen LogP contribution in [0, 0.1) is 0 Å². The van der Waals surface area contributed by atoms with Crippen molar-refractivity contribution in [3.05, 3.63) is 89.6 Å². The highest BCUT2D eigenvalue weighted by Crippen LogP contribution is 2.33. The fourth-order valence-electron chi connectivity index (χ4n) is 4.87. The number of hydrogen-bond donors (Lipinski definition) is 2. The third-order valence-electron chi connectivity index (χ3n) is 6.83. The number of ether oxygens (including phenoxy) is 1. The van der Waals surface area contributed by atoms with E-state index in [1.807, 2.05) is 24.3 Å². The van der Waals surface area contributed by atoms with Crippen LogP contribution in [-0.2, 0) is 23.9 Å². The van der Waals surface area contributed by atoms with E-state index in [-0.39, 0.29) is 6.04 Å². The van der Waals surface area contributed by atoms with E-state index >= 15 is 0 Å². The van der Waals surface area contributed by atoms with Gasteiger partial charge >= 0.3 is 18.3 Å². The molecular formula is C28H26F3N5O3. The number of aryl methyl sites for hydroxylation is 1. The average Bonchev–Trinajstić information content (AvgIpc) is 3.37. The van der Waals surface area contributed by atoms with Gasteiger partial charge in [-0.25, -0.2) is 9.59 Å². The molecule has 0 radical (unpaired) electrons. The minimum Gasteiger partial charge on any atom is -0.451 e. The van der Waals surface area contributed by atoms with Crippen molar-refractivity contribution >= 4 is 34.4 Å². The summed E-state index contributed by atoms with van der Waals surface area (Å²) < 4.78 is 44.9. The number of para-hydroxylation sites is 1. The Balaban J connectivity index is 1.30. The van der Waals surface area contributed by atoms with Crippen LogP contribution < -0.4 is 15.5 Å². The molecule has 0 bridgehead atoms. The number of urea groups is 1. The van der Waals surface area contributed by atoms with Gasteiger partial charge in [0.25, 0.3) is 0 Å². The summed E-state index contributed by atoms with van der Waals surface area (Å²) in [7, 11) is 1.26. The minimum atomic E-state index is -4.39. The second kappa shape index (κ2) is 10.7. The first-order valence-electron chi connectivity index (χ1n) is 12.3. The summed E-state index contributed by atoms with van der Waals surface area (Å²) in [6, 6.07) is 17.7. The number of nitrogens with zero attached hydrogens (tertiary/aromatic N) is 3. The lowest BCUT2D eigenvalue weighted by Gasteiger charge is -2.39. The molecule has 2 heterocycles. The molecule has 1 unspecified atom stereocenters. The molecule has 1 aliphatic heterocycles. The first-order chi connectivity index (χ1) is 18.7. The number of rotatable bonds is 5. The Labute approximate surface area is 222 Å².